The van der Waals surface area contributed by atoms with Crippen molar-refractivity contribution in [1.82, 2.24) is 0 Å². The molecule has 1 aliphatic carbocycles. The minimum absolute atomic E-state index is 0.00991. The molecule has 18 heavy (non-hydrogen) atoms. The highest BCUT2D eigenvalue weighted by Gasteiger charge is 2.34. The van der Waals surface area contributed by atoms with Gasteiger partial charge in [0.05, 0.1) is 5.54 Å². The number of Topliss-reactive ketones (excluding diaryl/α,β-unsaturated/α-hetero) is 1. The lowest BCUT2D eigenvalue weighted by atomic mass is 9.78. The monoisotopic (exact) mass is 269 g/mol. The van der Waals surface area contributed by atoms with Crippen LogP contribution in [-0.4, -0.2) is 11.3 Å². The van der Waals surface area contributed by atoms with Gasteiger partial charge in [0, 0.05) is 11.4 Å². The quantitative estimate of drug-likeness (QED) is 0.915. The molecule has 0 bridgehead atoms. The number of ketones is 1. The van der Waals surface area contributed by atoms with Gasteiger partial charge in [-0.15, -0.1) is 0 Å². The lowest BCUT2D eigenvalue weighted by Crippen LogP contribution is -2.50. The van der Waals surface area contributed by atoms with Gasteiger partial charge in [-0.05, 0) is 30.5 Å². The molecule has 0 saturated heterocycles. The maximum absolute atomic E-state index is 12.9. The van der Waals surface area contributed by atoms with Crippen LogP contribution in [0.25, 0.3) is 0 Å². The Morgan fingerprint density at radius 1 is 1.33 bits per heavy atom. The number of hydrogen-bond acceptors (Lipinski definition) is 2. The van der Waals surface area contributed by atoms with Crippen LogP contribution in [-0.2, 0) is 11.2 Å². The summed E-state index contributed by atoms with van der Waals surface area (Å²) < 4.78 is 12.9. The van der Waals surface area contributed by atoms with E-state index in [-0.39, 0.29) is 12.2 Å². The number of rotatable bonds is 3. The number of nitrogens with two attached hydrogens (primary N) is 1. The van der Waals surface area contributed by atoms with E-state index in [2.05, 4.69) is 0 Å². The molecule has 0 heterocycles. The summed E-state index contributed by atoms with van der Waals surface area (Å²) in [5, 5.41) is 0.294. The van der Waals surface area contributed by atoms with Gasteiger partial charge in [0.2, 0.25) is 0 Å². The van der Waals surface area contributed by atoms with E-state index in [1.54, 1.807) is 6.07 Å². The minimum Gasteiger partial charge on any atom is -0.319 e. The number of hydrogen-bond donors (Lipinski definition) is 1. The van der Waals surface area contributed by atoms with E-state index < -0.39 is 11.4 Å². The van der Waals surface area contributed by atoms with Crippen molar-refractivity contribution in [2.45, 2.75) is 44.1 Å². The summed E-state index contributed by atoms with van der Waals surface area (Å²) in [6.07, 6.45) is 4.81. The number of halogens is 2. The van der Waals surface area contributed by atoms with Crippen LogP contribution in [0.1, 0.15) is 37.7 Å². The third-order valence-electron chi connectivity index (χ3n) is 3.67. The van der Waals surface area contributed by atoms with Crippen molar-refractivity contribution >= 4 is 17.4 Å². The first-order valence-corrected chi connectivity index (χ1v) is 6.65. The number of carbonyl (C=O) groups excluding carboxylic acids is 1. The maximum Gasteiger partial charge on any atom is 0.157 e. The lowest BCUT2D eigenvalue weighted by Gasteiger charge is -2.32. The largest absolute Gasteiger partial charge is 0.319 e. The Morgan fingerprint density at radius 3 is 2.61 bits per heavy atom. The summed E-state index contributed by atoms with van der Waals surface area (Å²) in [7, 11) is 0. The topological polar surface area (TPSA) is 43.1 Å². The molecule has 0 aromatic heterocycles. The summed E-state index contributed by atoms with van der Waals surface area (Å²) in [5.41, 5.74) is 6.10. The third-order valence-corrected chi connectivity index (χ3v) is 4.02. The second-order valence-electron chi connectivity index (χ2n) is 5.05. The predicted molar refractivity (Wildman–Crippen MR) is 70.1 cm³/mol. The second kappa shape index (κ2) is 5.37. The molecule has 2 N–H and O–H groups in total. The van der Waals surface area contributed by atoms with Crippen molar-refractivity contribution in [2.24, 2.45) is 5.73 Å². The van der Waals surface area contributed by atoms with E-state index in [1.165, 1.54) is 12.1 Å². The van der Waals surface area contributed by atoms with Gasteiger partial charge in [-0.25, -0.2) is 4.39 Å². The maximum atomic E-state index is 12.9. The molecule has 0 spiro atoms. The molecule has 1 aromatic rings. The number of benzene rings is 1. The van der Waals surface area contributed by atoms with Crippen LogP contribution in [0.15, 0.2) is 18.2 Å². The SMILES string of the molecule is NC1(C(=O)Cc2ccc(F)cc2Cl)CCCCC1. The molecule has 0 aliphatic heterocycles. The molecule has 2 nitrogen and oxygen atoms in total. The Morgan fingerprint density at radius 2 is 2.00 bits per heavy atom. The van der Waals surface area contributed by atoms with Gasteiger partial charge >= 0.3 is 0 Å². The molecule has 1 saturated carbocycles. The van der Waals surface area contributed by atoms with Crippen molar-refractivity contribution in [3.8, 4) is 0 Å². The smallest absolute Gasteiger partial charge is 0.157 e. The fourth-order valence-electron chi connectivity index (χ4n) is 2.48. The molecule has 2 rings (SSSR count). The van der Waals surface area contributed by atoms with Crippen molar-refractivity contribution in [3.63, 3.8) is 0 Å². The highest BCUT2D eigenvalue weighted by Crippen LogP contribution is 2.29. The first-order chi connectivity index (χ1) is 8.51. The molecular formula is C14H17ClFNO. The van der Waals surface area contributed by atoms with Crippen LogP contribution in [0, 0.1) is 5.82 Å². The zero-order chi connectivity index (χ0) is 13.2. The van der Waals surface area contributed by atoms with Crippen molar-refractivity contribution in [1.29, 1.82) is 0 Å². The minimum atomic E-state index is -0.712. The van der Waals surface area contributed by atoms with Gasteiger partial charge in [-0.1, -0.05) is 36.9 Å². The Kier molecular flexibility index (Phi) is 4.03. The lowest BCUT2D eigenvalue weighted by molar-refractivity contribution is -0.124. The van der Waals surface area contributed by atoms with Crippen molar-refractivity contribution in [2.75, 3.05) is 0 Å². The Labute approximate surface area is 111 Å². The molecule has 0 amide bonds. The predicted octanol–water partition coefficient (Wildman–Crippen LogP) is 3.25. The van der Waals surface area contributed by atoms with Crippen LogP contribution in [0.4, 0.5) is 4.39 Å². The molecule has 1 aliphatic rings. The van der Waals surface area contributed by atoms with E-state index in [9.17, 15) is 9.18 Å². The van der Waals surface area contributed by atoms with E-state index in [4.69, 9.17) is 17.3 Å². The molecule has 0 unspecified atom stereocenters. The Bertz CT molecular complexity index is 455. The summed E-state index contributed by atoms with van der Waals surface area (Å²) >= 11 is 5.92. The van der Waals surface area contributed by atoms with Crippen LogP contribution >= 0.6 is 11.6 Å². The molecule has 1 aromatic carbocycles. The summed E-state index contributed by atoms with van der Waals surface area (Å²) in [5.74, 6) is -0.382. The normalized spacial score (nSPS) is 18.6. The van der Waals surface area contributed by atoms with Crippen LogP contribution in [0.2, 0.25) is 5.02 Å². The van der Waals surface area contributed by atoms with Crippen molar-refractivity contribution in [3.05, 3.63) is 34.6 Å². The number of carbonyl (C=O) groups is 1. The summed E-state index contributed by atoms with van der Waals surface area (Å²) in [6.45, 7) is 0. The standard InChI is InChI=1S/C14H17ClFNO/c15-12-9-11(16)5-4-10(12)8-13(18)14(17)6-2-1-3-7-14/h4-5,9H,1-3,6-8,17H2. The molecule has 1 fully saturated rings. The van der Waals surface area contributed by atoms with Gasteiger partial charge in [-0.3, -0.25) is 4.79 Å². The van der Waals surface area contributed by atoms with Gasteiger partial charge in [0.15, 0.2) is 5.78 Å². The second-order valence-corrected chi connectivity index (χ2v) is 5.46. The zero-order valence-electron chi connectivity index (χ0n) is 10.2. The highest BCUT2D eigenvalue weighted by atomic mass is 35.5. The van der Waals surface area contributed by atoms with E-state index in [0.29, 0.717) is 10.6 Å². The van der Waals surface area contributed by atoms with Crippen LogP contribution < -0.4 is 5.73 Å². The van der Waals surface area contributed by atoms with E-state index in [1.807, 2.05) is 0 Å². The third kappa shape index (κ3) is 2.90. The van der Waals surface area contributed by atoms with Crippen LogP contribution in [0.5, 0.6) is 0 Å². The van der Waals surface area contributed by atoms with Gasteiger partial charge in [-0.2, -0.15) is 0 Å². The summed E-state index contributed by atoms with van der Waals surface area (Å²) in [4.78, 5) is 12.2. The summed E-state index contributed by atoms with van der Waals surface area (Å²) in [6, 6.07) is 4.11. The average Bonchev–Trinajstić information content (AvgIpc) is 2.33. The van der Waals surface area contributed by atoms with E-state index in [0.717, 1.165) is 32.1 Å². The highest BCUT2D eigenvalue weighted by molar-refractivity contribution is 6.31. The Balaban J connectivity index is 2.11. The first-order valence-electron chi connectivity index (χ1n) is 6.27. The average molecular weight is 270 g/mol. The van der Waals surface area contributed by atoms with Crippen molar-refractivity contribution < 1.29 is 9.18 Å². The zero-order valence-corrected chi connectivity index (χ0v) is 11.0. The van der Waals surface area contributed by atoms with Gasteiger partial charge in [0.1, 0.15) is 5.82 Å². The van der Waals surface area contributed by atoms with Gasteiger partial charge < -0.3 is 5.73 Å². The Hall–Kier alpha value is -0.930. The molecule has 98 valence electrons. The van der Waals surface area contributed by atoms with E-state index >= 15 is 0 Å². The fourth-order valence-corrected chi connectivity index (χ4v) is 2.71. The van der Waals surface area contributed by atoms with Gasteiger partial charge in [0.25, 0.3) is 0 Å². The fraction of sp³-hybridized carbons (Fsp3) is 0.500. The molecule has 0 radical (unpaired) electrons. The molecule has 4 heteroatoms. The first kappa shape index (κ1) is 13.5. The molecular weight excluding hydrogens is 253 g/mol. The van der Waals surface area contributed by atoms with Crippen LogP contribution in [0.3, 0.4) is 0 Å². The molecule has 0 atom stereocenters.